The molecule has 0 aromatic rings. The molecule has 0 aliphatic carbocycles. The Morgan fingerprint density at radius 1 is 1.56 bits per heavy atom. The Kier molecular flexibility index (Phi) is 4.09. The Balaban J connectivity index is 1.62. The molecule has 0 aromatic heterocycles. The Hall–Kier alpha value is -0.710. The number of hydrogen-bond acceptors (Lipinski definition) is 4. The van der Waals surface area contributed by atoms with Crippen LogP contribution in [-0.4, -0.2) is 47.4 Å². The van der Waals surface area contributed by atoms with Crippen LogP contribution < -0.4 is 5.32 Å². The molecule has 4 nitrogen and oxygen atoms in total. The zero-order valence-corrected chi connectivity index (χ0v) is 10.6. The average Bonchev–Trinajstić information content (AvgIpc) is 2.89. The van der Waals surface area contributed by atoms with Gasteiger partial charge in [-0.1, -0.05) is 18.7 Å². The van der Waals surface area contributed by atoms with Gasteiger partial charge >= 0.3 is 0 Å². The summed E-state index contributed by atoms with van der Waals surface area (Å²) in [6, 6.07) is 0. The highest BCUT2D eigenvalue weighted by Crippen LogP contribution is 2.18. The van der Waals surface area contributed by atoms with Gasteiger partial charge in [0.1, 0.15) is 0 Å². The van der Waals surface area contributed by atoms with Crippen molar-refractivity contribution in [2.24, 2.45) is 4.99 Å². The van der Waals surface area contributed by atoms with Crippen molar-refractivity contribution in [3.63, 3.8) is 0 Å². The summed E-state index contributed by atoms with van der Waals surface area (Å²) in [5.41, 5.74) is 0. The lowest BCUT2D eigenvalue weighted by Crippen LogP contribution is -2.31. The molecule has 1 N–H and O–H groups in total. The molecule has 0 radical (unpaired) electrons. The van der Waals surface area contributed by atoms with Crippen LogP contribution in [0, 0.1) is 0 Å². The molecular formula is C11H19N3OS. The van der Waals surface area contributed by atoms with E-state index in [0.29, 0.717) is 18.2 Å². The summed E-state index contributed by atoms with van der Waals surface area (Å²) in [7, 11) is 0. The van der Waals surface area contributed by atoms with Crippen molar-refractivity contribution in [3.8, 4) is 0 Å². The number of aliphatic imine (C=N–C) groups is 1. The molecule has 2 aliphatic rings. The molecule has 1 fully saturated rings. The van der Waals surface area contributed by atoms with E-state index in [2.05, 4.69) is 17.2 Å². The fourth-order valence-corrected chi connectivity index (χ4v) is 2.84. The molecule has 1 amide bonds. The first kappa shape index (κ1) is 11.8. The van der Waals surface area contributed by atoms with E-state index in [0.717, 1.165) is 24.8 Å². The minimum absolute atomic E-state index is 0.279. The predicted molar refractivity (Wildman–Crippen MR) is 67.8 cm³/mol. The minimum atomic E-state index is 0.279. The lowest BCUT2D eigenvalue weighted by molar-refractivity contribution is -0.129. The van der Waals surface area contributed by atoms with Crippen LogP contribution in [0.1, 0.15) is 26.2 Å². The van der Waals surface area contributed by atoms with E-state index < -0.39 is 0 Å². The monoisotopic (exact) mass is 241 g/mol. The highest BCUT2D eigenvalue weighted by molar-refractivity contribution is 8.14. The van der Waals surface area contributed by atoms with E-state index in [1.165, 1.54) is 12.8 Å². The Morgan fingerprint density at radius 2 is 2.31 bits per heavy atom. The van der Waals surface area contributed by atoms with Crippen LogP contribution in [0.25, 0.3) is 0 Å². The van der Waals surface area contributed by atoms with Crippen LogP contribution in [-0.2, 0) is 4.79 Å². The van der Waals surface area contributed by atoms with Crippen LogP contribution in [0.2, 0.25) is 0 Å². The van der Waals surface area contributed by atoms with E-state index in [9.17, 15) is 4.79 Å². The van der Waals surface area contributed by atoms with Gasteiger partial charge in [0.2, 0.25) is 5.91 Å². The molecule has 1 saturated heterocycles. The molecule has 16 heavy (non-hydrogen) atoms. The van der Waals surface area contributed by atoms with Crippen molar-refractivity contribution < 1.29 is 4.79 Å². The van der Waals surface area contributed by atoms with E-state index in [4.69, 9.17) is 0 Å². The normalized spacial score (nSPS) is 24.7. The summed E-state index contributed by atoms with van der Waals surface area (Å²) in [4.78, 5) is 18.0. The largest absolute Gasteiger partial charge is 0.364 e. The SMILES string of the molecule is CC1CN=C(NCCC(=O)N2CCCC2)S1. The number of amides is 1. The predicted octanol–water partition coefficient (Wildman–Crippen LogP) is 1.08. The van der Waals surface area contributed by atoms with E-state index in [-0.39, 0.29) is 5.91 Å². The number of rotatable bonds is 3. The quantitative estimate of drug-likeness (QED) is 0.804. The van der Waals surface area contributed by atoms with Crippen LogP contribution in [0.3, 0.4) is 0 Å². The van der Waals surface area contributed by atoms with Crippen molar-refractivity contribution >= 4 is 22.8 Å². The lowest BCUT2D eigenvalue weighted by Gasteiger charge is -2.15. The standard InChI is InChI=1S/C11H19N3OS/c1-9-8-13-11(16-9)12-5-4-10(15)14-6-2-3-7-14/h9H,2-8H2,1H3,(H,12,13). The molecule has 90 valence electrons. The molecule has 0 saturated carbocycles. The van der Waals surface area contributed by atoms with Crippen LogP contribution in [0.5, 0.6) is 0 Å². The second-order valence-corrected chi connectivity index (χ2v) is 5.77. The minimum Gasteiger partial charge on any atom is -0.364 e. The number of nitrogens with one attached hydrogen (secondary N) is 1. The molecule has 0 bridgehead atoms. The van der Waals surface area contributed by atoms with E-state index >= 15 is 0 Å². The Morgan fingerprint density at radius 3 is 2.94 bits per heavy atom. The number of nitrogens with zero attached hydrogens (tertiary/aromatic N) is 2. The van der Waals surface area contributed by atoms with Gasteiger partial charge < -0.3 is 10.2 Å². The zero-order valence-electron chi connectivity index (χ0n) is 9.74. The molecule has 2 rings (SSSR count). The fourth-order valence-electron chi connectivity index (χ4n) is 1.98. The first-order valence-electron chi connectivity index (χ1n) is 5.98. The van der Waals surface area contributed by atoms with Gasteiger partial charge in [-0.25, -0.2) is 0 Å². The van der Waals surface area contributed by atoms with Crippen molar-refractivity contribution in [3.05, 3.63) is 0 Å². The fraction of sp³-hybridized carbons (Fsp3) is 0.818. The highest BCUT2D eigenvalue weighted by Gasteiger charge is 2.18. The summed E-state index contributed by atoms with van der Waals surface area (Å²) < 4.78 is 0. The molecular weight excluding hydrogens is 222 g/mol. The van der Waals surface area contributed by atoms with Crippen molar-refractivity contribution in [2.45, 2.75) is 31.4 Å². The zero-order chi connectivity index (χ0) is 11.4. The van der Waals surface area contributed by atoms with E-state index in [1.807, 2.05) is 4.90 Å². The number of amidine groups is 1. The summed E-state index contributed by atoms with van der Waals surface area (Å²) in [6.45, 7) is 5.68. The van der Waals surface area contributed by atoms with Gasteiger partial charge in [-0.2, -0.15) is 0 Å². The third-order valence-corrected chi connectivity index (χ3v) is 3.93. The number of carbonyl (C=O) groups is 1. The van der Waals surface area contributed by atoms with E-state index in [1.54, 1.807) is 11.8 Å². The molecule has 2 heterocycles. The maximum absolute atomic E-state index is 11.7. The Labute approximate surface area is 101 Å². The van der Waals surface area contributed by atoms with Gasteiger partial charge in [0.05, 0.1) is 6.54 Å². The highest BCUT2D eigenvalue weighted by atomic mass is 32.2. The first-order chi connectivity index (χ1) is 7.75. The van der Waals surface area contributed by atoms with Crippen molar-refractivity contribution in [1.29, 1.82) is 0 Å². The number of carbonyl (C=O) groups excluding carboxylic acids is 1. The number of thioether (sulfide) groups is 1. The number of likely N-dealkylation sites (tertiary alicyclic amines) is 1. The van der Waals surface area contributed by atoms with Crippen molar-refractivity contribution in [1.82, 2.24) is 10.2 Å². The summed E-state index contributed by atoms with van der Waals surface area (Å²) >= 11 is 1.76. The molecule has 5 heteroatoms. The Bertz CT molecular complexity index is 287. The molecule has 0 aromatic carbocycles. The molecule has 1 atom stereocenters. The topological polar surface area (TPSA) is 44.7 Å². The van der Waals surface area contributed by atoms with Crippen LogP contribution in [0.15, 0.2) is 4.99 Å². The van der Waals surface area contributed by atoms with Crippen molar-refractivity contribution in [2.75, 3.05) is 26.2 Å². The molecule has 0 spiro atoms. The molecule has 2 aliphatic heterocycles. The second-order valence-electron chi connectivity index (χ2n) is 4.34. The molecule has 1 unspecified atom stereocenters. The van der Waals surface area contributed by atoms with Gasteiger partial charge in [-0.15, -0.1) is 0 Å². The van der Waals surface area contributed by atoms with Crippen LogP contribution >= 0.6 is 11.8 Å². The third kappa shape index (κ3) is 3.14. The van der Waals surface area contributed by atoms with Gasteiger partial charge in [-0.3, -0.25) is 9.79 Å². The first-order valence-corrected chi connectivity index (χ1v) is 6.86. The van der Waals surface area contributed by atoms with Gasteiger partial charge in [0.15, 0.2) is 5.17 Å². The summed E-state index contributed by atoms with van der Waals surface area (Å²) in [5, 5.41) is 4.81. The number of hydrogen-bond donors (Lipinski definition) is 1. The summed E-state index contributed by atoms with van der Waals surface area (Å²) in [6.07, 6.45) is 2.92. The van der Waals surface area contributed by atoms with Gasteiger partial charge in [-0.05, 0) is 12.8 Å². The summed E-state index contributed by atoms with van der Waals surface area (Å²) in [5.74, 6) is 0.279. The van der Waals surface area contributed by atoms with Gasteiger partial charge in [0, 0.05) is 31.3 Å². The van der Waals surface area contributed by atoms with Gasteiger partial charge in [0.25, 0.3) is 0 Å². The third-order valence-electron chi connectivity index (χ3n) is 2.88. The maximum Gasteiger partial charge on any atom is 0.224 e. The second kappa shape index (κ2) is 5.57. The van der Waals surface area contributed by atoms with Crippen LogP contribution in [0.4, 0.5) is 0 Å². The maximum atomic E-state index is 11.7. The average molecular weight is 241 g/mol. The smallest absolute Gasteiger partial charge is 0.224 e. The lowest BCUT2D eigenvalue weighted by atomic mass is 10.3.